The Morgan fingerprint density at radius 1 is 0.850 bits per heavy atom. The van der Waals surface area contributed by atoms with Gasteiger partial charge in [-0.25, -0.2) is 0 Å². The molecule has 7 rings (SSSR count). The second-order valence-electron chi connectivity index (χ2n) is 10.2. The van der Waals surface area contributed by atoms with Gasteiger partial charge in [-0.15, -0.1) is 0 Å². The third-order valence-corrected chi connectivity index (χ3v) is 7.76. The number of anilines is 2. The standard InChI is InChI=1S/C31H30N4O5/c36-25-18-27(35-12-16-39-17-13-35)33-30-20(5-3-6-22(25)30)21-8-9-24(32-28(37)19-34-10-14-38-15-11-34)29-23-4-1-2-7-26(23)40-31(21)29/h1-9,18H,10-17,19H2,(H,32,37)(H,33,36). The molecule has 2 aliphatic heterocycles. The Morgan fingerprint density at radius 2 is 1.60 bits per heavy atom. The minimum Gasteiger partial charge on any atom is -0.455 e. The number of pyridine rings is 1. The van der Waals surface area contributed by atoms with Crippen LogP contribution in [0.2, 0.25) is 0 Å². The Balaban J connectivity index is 1.35. The molecular weight excluding hydrogens is 508 g/mol. The summed E-state index contributed by atoms with van der Waals surface area (Å²) in [4.78, 5) is 34.0. The van der Waals surface area contributed by atoms with Crippen LogP contribution in [-0.2, 0) is 14.3 Å². The maximum Gasteiger partial charge on any atom is 0.238 e. The summed E-state index contributed by atoms with van der Waals surface area (Å²) in [7, 11) is 0. The molecule has 9 heteroatoms. The topological polar surface area (TPSA) is 100 Å². The first-order chi connectivity index (χ1) is 19.7. The van der Waals surface area contributed by atoms with Crippen LogP contribution in [0.1, 0.15) is 0 Å². The number of carbonyl (C=O) groups is 1. The highest BCUT2D eigenvalue weighted by atomic mass is 16.5. The Hall–Kier alpha value is -4.18. The number of nitrogens with one attached hydrogen (secondary N) is 2. The second-order valence-corrected chi connectivity index (χ2v) is 10.2. The molecule has 0 atom stereocenters. The van der Waals surface area contributed by atoms with Crippen LogP contribution in [0.5, 0.6) is 0 Å². The summed E-state index contributed by atoms with van der Waals surface area (Å²) in [5, 5.41) is 5.50. The van der Waals surface area contributed by atoms with E-state index in [9.17, 15) is 9.59 Å². The van der Waals surface area contributed by atoms with E-state index in [2.05, 4.69) is 20.1 Å². The number of amides is 1. The van der Waals surface area contributed by atoms with Gasteiger partial charge in [-0.1, -0.05) is 30.3 Å². The lowest BCUT2D eigenvalue weighted by Crippen LogP contribution is -2.41. The molecule has 0 unspecified atom stereocenters. The molecule has 2 saturated heterocycles. The molecule has 5 aromatic rings. The first-order valence-corrected chi connectivity index (χ1v) is 13.7. The molecule has 0 radical (unpaired) electrons. The quantitative estimate of drug-likeness (QED) is 0.346. The predicted molar refractivity (Wildman–Crippen MR) is 156 cm³/mol. The number of H-pyrrole nitrogens is 1. The largest absolute Gasteiger partial charge is 0.455 e. The minimum atomic E-state index is -0.0779. The molecule has 0 spiro atoms. The van der Waals surface area contributed by atoms with Crippen molar-refractivity contribution in [1.82, 2.24) is 9.88 Å². The van der Waals surface area contributed by atoms with Crippen molar-refractivity contribution < 1.29 is 18.7 Å². The van der Waals surface area contributed by atoms with Crippen molar-refractivity contribution in [3.63, 3.8) is 0 Å². The Labute approximate surface area is 230 Å². The van der Waals surface area contributed by atoms with Crippen molar-refractivity contribution >= 4 is 50.3 Å². The summed E-state index contributed by atoms with van der Waals surface area (Å²) >= 11 is 0. The molecule has 0 saturated carbocycles. The van der Waals surface area contributed by atoms with Crippen molar-refractivity contribution in [2.45, 2.75) is 0 Å². The lowest BCUT2D eigenvalue weighted by Gasteiger charge is -2.28. The van der Waals surface area contributed by atoms with E-state index in [0.717, 1.165) is 65.0 Å². The fraction of sp³-hybridized carbons (Fsp3) is 0.290. The normalized spacial score (nSPS) is 16.6. The van der Waals surface area contributed by atoms with E-state index in [1.165, 1.54) is 0 Å². The van der Waals surface area contributed by atoms with E-state index in [1.807, 2.05) is 54.6 Å². The summed E-state index contributed by atoms with van der Waals surface area (Å²) in [6, 6.07) is 19.1. The zero-order valence-electron chi connectivity index (χ0n) is 22.1. The zero-order valence-corrected chi connectivity index (χ0v) is 22.1. The molecule has 4 heterocycles. The molecule has 0 bridgehead atoms. The highest BCUT2D eigenvalue weighted by Crippen LogP contribution is 2.41. The number of aromatic amines is 1. The monoisotopic (exact) mass is 538 g/mol. The maximum absolute atomic E-state index is 13.2. The highest BCUT2D eigenvalue weighted by Gasteiger charge is 2.21. The fourth-order valence-electron chi connectivity index (χ4n) is 5.75. The van der Waals surface area contributed by atoms with Crippen LogP contribution in [0.25, 0.3) is 44.0 Å². The number of hydrogen-bond acceptors (Lipinski definition) is 7. The Kier molecular flexibility index (Phi) is 6.47. The molecule has 2 fully saturated rings. The van der Waals surface area contributed by atoms with Crippen molar-refractivity contribution in [3.05, 3.63) is 70.9 Å². The van der Waals surface area contributed by atoms with E-state index >= 15 is 0 Å². The Bertz CT molecular complexity index is 1780. The number of benzene rings is 3. The summed E-state index contributed by atoms with van der Waals surface area (Å²) in [6.07, 6.45) is 0. The van der Waals surface area contributed by atoms with Gasteiger partial charge < -0.3 is 29.1 Å². The number of fused-ring (bicyclic) bond motifs is 4. The van der Waals surface area contributed by atoms with Crippen molar-refractivity contribution in [3.8, 4) is 11.1 Å². The van der Waals surface area contributed by atoms with E-state index in [0.29, 0.717) is 49.6 Å². The summed E-state index contributed by atoms with van der Waals surface area (Å²) in [5.74, 6) is 0.701. The molecule has 2 N–H and O–H groups in total. The Morgan fingerprint density at radius 3 is 2.42 bits per heavy atom. The van der Waals surface area contributed by atoms with Crippen LogP contribution < -0.4 is 15.6 Å². The van der Waals surface area contributed by atoms with Crippen LogP contribution in [0, 0.1) is 0 Å². The van der Waals surface area contributed by atoms with Gasteiger partial charge in [0.1, 0.15) is 17.0 Å². The van der Waals surface area contributed by atoms with Gasteiger partial charge in [0.2, 0.25) is 5.91 Å². The van der Waals surface area contributed by atoms with Crippen LogP contribution in [-0.4, -0.2) is 74.9 Å². The summed E-state index contributed by atoms with van der Waals surface area (Å²) in [6.45, 7) is 5.74. The van der Waals surface area contributed by atoms with Gasteiger partial charge in [0.05, 0.1) is 49.6 Å². The van der Waals surface area contributed by atoms with E-state index in [4.69, 9.17) is 13.9 Å². The first kappa shape index (κ1) is 24.8. The number of morpholine rings is 2. The molecule has 2 aliphatic rings. The van der Waals surface area contributed by atoms with Crippen LogP contribution in [0.3, 0.4) is 0 Å². The molecule has 2 aromatic heterocycles. The number of para-hydroxylation sites is 2. The van der Waals surface area contributed by atoms with Gasteiger partial charge in [0.25, 0.3) is 0 Å². The predicted octanol–water partition coefficient (Wildman–Crippen LogP) is 4.20. The van der Waals surface area contributed by atoms with E-state index < -0.39 is 0 Å². The molecule has 1 amide bonds. The lowest BCUT2D eigenvalue weighted by atomic mass is 9.98. The fourth-order valence-corrected chi connectivity index (χ4v) is 5.75. The number of nitrogens with zero attached hydrogens (tertiary/aromatic N) is 2. The van der Waals surface area contributed by atoms with Gasteiger partial charge in [-0.05, 0) is 24.3 Å². The molecule has 40 heavy (non-hydrogen) atoms. The third-order valence-electron chi connectivity index (χ3n) is 7.76. The van der Waals surface area contributed by atoms with Crippen molar-refractivity contribution in [2.75, 3.05) is 69.4 Å². The average molecular weight is 539 g/mol. The van der Waals surface area contributed by atoms with E-state index in [-0.39, 0.29) is 11.3 Å². The molecule has 3 aromatic carbocycles. The molecular formula is C31H30N4O5. The number of carbonyl (C=O) groups excluding carboxylic acids is 1. The molecule has 0 aliphatic carbocycles. The van der Waals surface area contributed by atoms with Crippen molar-refractivity contribution in [2.24, 2.45) is 0 Å². The number of ether oxygens (including phenoxy) is 2. The average Bonchev–Trinajstić information content (AvgIpc) is 3.38. The number of aromatic nitrogens is 1. The van der Waals surface area contributed by atoms with Crippen molar-refractivity contribution in [1.29, 1.82) is 0 Å². The minimum absolute atomic E-state index is 0.0371. The number of rotatable bonds is 5. The van der Waals surface area contributed by atoms with Gasteiger partial charge >= 0.3 is 0 Å². The number of hydrogen-bond donors (Lipinski definition) is 2. The summed E-state index contributed by atoms with van der Waals surface area (Å²) in [5.41, 5.74) is 4.52. The zero-order chi connectivity index (χ0) is 27.1. The van der Waals surface area contributed by atoms with Crippen LogP contribution in [0.4, 0.5) is 11.5 Å². The van der Waals surface area contributed by atoms with Gasteiger partial charge in [-0.3, -0.25) is 14.5 Å². The first-order valence-electron chi connectivity index (χ1n) is 13.7. The highest BCUT2D eigenvalue weighted by molar-refractivity contribution is 6.18. The molecule has 9 nitrogen and oxygen atoms in total. The molecule has 204 valence electrons. The van der Waals surface area contributed by atoms with Gasteiger partial charge in [0.15, 0.2) is 5.43 Å². The summed E-state index contributed by atoms with van der Waals surface area (Å²) < 4.78 is 17.4. The lowest BCUT2D eigenvalue weighted by molar-refractivity contribution is -0.118. The van der Waals surface area contributed by atoms with Crippen LogP contribution in [0.15, 0.2) is 69.9 Å². The van der Waals surface area contributed by atoms with Gasteiger partial charge in [-0.2, -0.15) is 0 Å². The van der Waals surface area contributed by atoms with Crippen LogP contribution >= 0.6 is 0 Å². The third kappa shape index (κ3) is 4.52. The maximum atomic E-state index is 13.2. The number of furan rings is 1. The smallest absolute Gasteiger partial charge is 0.238 e. The second kappa shape index (κ2) is 10.4. The SMILES string of the molecule is O=C(CN1CCOCC1)Nc1ccc(-c2cccc3c(=O)cc(N4CCOCC4)[nH]c23)c2oc3ccccc3c12. The van der Waals surface area contributed by atoms with E-state index in [1.54, 1.807) is 6.07 Å². The van der Waals surface area contributed by atoms with Gasteiger partial charge in [0, 0.05) is 54.1 Å².